The van der Waals surface area contributed by atoms with Crippen LogP contribution in [0.1, 0.15) is 213 Å². The minimum atomic E-state index is -0.814. The molecule has 0 fully saturated rings. The van der Waals surface area contributed by atoms with Crippen LogP contribution in [0.2, 0.25) is 0 Å². The second-order valence-corrected chi connectivity index (χ2v) is 16.8. The summed E-state index contributed by atoms with van der Waals surface area (Å²) in [6, 6.07) is -0.733. The number of rotatable bonds is 44. The van der Waals surface area contributed by atoms with Gasteiger partial charge in [-0.05, 0) is 103 Å². The molecule has 0 bridgehead atoms. The number of unbranched alkanes of at least 4 members (excludes halogenated alkanes) is 14. The van der Waals surface area contributed by atoms with Crippen LogP contribution in [-0.2, 0) is 14.3 Å². The van der Waals surface area contributed by atoms with Gasteiger partial charge in [0.05, 0.1) is 25.2 Å². The molecule has 6 nitrogen and oxygen atoms in total. The molecule has 6 heteroatoms. The van der Waals surface area contributed by atoms with E-state index < -0.39 is 18.2 Å². The van der Waals surface area contributed by atoms with Crippen LogP contribution >= 0.6 is 0 Å². The number of carbonyl (C=O) groups excluding carboxylic acids is 2. The van der Waals surface area contributed by atoms with E-state index in [-0.39, 0.29) is 24.9 Å². The number of aliphatic hydroxyl groups excluding tert-OH is 2. The lowest BCUT2D eigenvalue weighted by molar-refractivity contribution is -0.151. The maximum absolute atomic E-state index is 13.2. The van der Waals surface area contributed by atoms with Crippen LogP contribution in [0, 0.1) is 0 Å². The van der Waals surface area contributed by atoms with E-state index in [0.717, 1.165) is 116 Å². The third kappa shape index (κ3) is 44.9. The number of esters is 1. The first-order valence-corrected chi connectivity index (χ1v) is 25.6. The van der Waals surface area contributed by atoms with Crippen molar-refractivity contribution in [1.29, 1.82) is 0 Å². The van der Waals surface area contributed by atoms with Crippen molar-refractivity contribution in [2.45, 2.75) is 232 Å². The van der Waals surface area contributed by atoms with Gasteiger partial charge in [0.15, 0.2) is 0 Å². The summed E-state index contributed by atoms with van der Waals surface area (Å²) in [5.41, 5.74) is 0. The minimum Gasteiger partial charge on any atom is -0.462 e. The molecule has 0 spiro atoms. The van der Waals surface area contributed by atoms with Gasteiger partial charge in [0.25, 0.3) is 0 Å². The largest absolute Gasteiger partial charge is 0.462 e. The average molecular weight is 874 g/mol. The second kappa shape index (κ2) is 49.5. The summed E-state index contributed by atoms with van der Waals surface area (Å²) in [7, 11) is 0. The second-order valence-electron chi connectivity index (χ2n) is 16.8. The van der Waals surface area contributed by atoms with Crippen molar-refractivity contribution in [3.63, 3.8) is 0 Å². The molecule has 0 saturated heterocycles. The third-order valence-electron chi connectivity index (χ3n) is 10.8. The maximum Gasteiger partial charge on any atom is 0.306 e. The van der Waals surface area contributed by atoms with Gasteiger partial charge in [-0.15, -0.1) is 0 Å². The summed E-state index contributed by atoms with van der Waals surface area (Å²) < 4.78 is 5.89. The van der Waals surface area contributed by atoms with Crippen LogP contribution in [0.5, 0.6) is 0 Å². The molecule has 358 valence electrons. The lowest BCUT2D eigenvalue weighted by Crippen LogP contribution is -2.46. The molecule has 0 heterocycles. The molecular formula is C57H95NO5. The standard InChI is InChI=1S/C57H95NO5/c1-4-7-10-13-16-19-22-24-26-28-29-31-34-36-39-42-45-48-53(63-57(62)50-47-44-41-38-35-32-30-27-25-23-20-17-14-11-8-5-2)51-56(61)58-54(52-59)55(60)49-46-43-40-37-33-21-18-15-12-9-6-3/h7-8,10-11,16-17,19-20,24-27,29,31-32,35-36,39,53-55,59-60H,4-6,9,12-15,18,21-23,28,30,33-34,37-38,40-52H2,1-3H3,(H,58,61)/b10-7-,11-8+,19-16-,20-17+,26-24-,27-25+,31-29-,35-32+,39-36-. The smallest absolute Gasteiger partial charge is 0.306 e. The normalized spacial score (nSPS) is 14.2. The van der Waals surface area contributed by atoms with Crippen molar-refractivity contribution in [3.8, 4) is 0 Å². The SMILES string of the molecule is CC/C=C\C/C=C\C/C=C\C/C=C\C/C=C\CCCC(CC(=O)NC(CO)C(O)CCCCCCCCCCCCC)OC(=O)CCCCC/C=C/C/C=C/C/C=C/C/C=C/CC. The molecule has 0 aliphatic rings. The number of hydrogen-bond acceptors (Lipinski definition) is 5. The summed E-state index contributed by atoms with van der Waals surface area (Å²) in [5, 5.41) is 23.7. The Kier molecular flexibility index (Phi) is 46.8. The Morgan fingerprint density at radius 2 is 0.873 bits per heavy atom. The fourth-order valence-corrected chi connectivity index (χ4v) is 7.04. The van der Waals surface area contributed by atoms with Crippen LogP contribution in [0.25, 0.3) is 0 Å². The van der Waals surface area contributed by atoms with E-state index in [1.807, 2.05) is 0 Å². The number of hydrogen-bond donors (Lipinski definition) is 3. The minimum absolute atomic E-state index is 0.0188. The van der Waals surface area contributed by atoms with Gasteiger partial charge in [0.2, 0.25) is 5.91 Å². The van der Waals surface area contributed by atoms with Crippen molar-refractivity contribution in [1.82, 2.24) is 5.32 Å². The quantitative estimate of drug-likeness (QED) is 0.0322. The molecular weight excluding hydrogens is 779 g/mol. The van der Waals surface area contributed by atoms with Crippen molar-refractivity contribution in [2.75, 3.05) is 6.61 Å². The average Bonchev–Trinajstić information content (AvgIpc) is 3.28. The number of allylic oxidation sites excluding steroid dienone is 18. The molecule has 3 N–H and O–H groups in total. The van der Waals surface area contributed by atoms with Crippen LogP contribution in [0.4, 0.5) is 0 Å². The highest BCUT2D eigenvalue weighted by Gasteiger charge is 2.24. The molecule has 0 aromatic heterocycles. The molecule has 0 radical (unpaired) electrons. The molecule has 0 rings (SSSR count). The van der Waals surface area contributed by atoms with E-state index in [4.69, 9.17) is 4.74 Å². The van der Waals surface area contributed by atoms with Crippen molar-refractivity contribution < 1.29 is 24.5 Å². The van der Waals surface area contributed by atoms with Gasteiger partial charge in [-0.3, -0.25) is 9.59 Å². The fourth-order valence-electron chi connectivity index (χ4n) is 7.04. The van der Waals surface area contributed by atoms with Gasteiger partial charge >= 0.3 is 5.97 Å². The molecule has 0 aliphatic heterocycles. The molecule has 1 amide bonds. The Labute approximate surface area is 388 Å². The van der Waals surface area contributed by atoms with E-state index in [0.29, 0.717) is 19.3 Å². The maximum atomic E-state index is 13.2. The molecule has 0 aromatic carbocycles. The summed E-state index contributed by atoms with van der Waals surface area (Å²) in [5.74, 6) is -0.577. The van der Waals surface area contributed by atoms with E-state index in [2.05, 4.69) is 135 Å². The number of nitrogens with one attached hydrogen (secondary N) is 1. The first-order chi connectivity index (χ1) is 31.0. The number of aliphatic hydroxyl groups is 2. The zero-order valence-corrected chi connectivity index (χ0v) is 40.7. The van der Waals surface area contributed by atoms with Crippen molar-refractivity contribution >= 4 is 11.9 Å². The highest BCUT2D eigenvalue weighted by atomic mass is 16.5. The lowest BCUT2D eigenvalue weighted by Gasteiger charge is -2.24. The summed E-state index contributed by atoms with van der Waals surface area (Å²) in [6.07, 6.45) is 67.2. The number of carbonyl (C=O) groups is 2. The summed E-state index contributed by atoms with van der Waals surface area (Å²) >= 11 is 0. The van der Waals surface area contributed by atoms with E-state index in [1.165, 1.54) is 51.4 Å². The lowest BCUT2D eigenvalue weighted by atomic mass is 10.0. The van der Waals surface area contributed by atoms with Gasteiger partial charge in [-0.25, -0.2) is 0 Å². The summed E-state index contributed by atoms with van der Waals surface area (Å²) in [6.45, 7) is 6.21. The number of ether oxygens (including phenoxy) is 1. The fraction of sp³-hybridized carbons (Fsp3) is 0.649. The van der Waals surface area contributed by atoms with Gasteiger partial charge in [0.1, 0.15) is 6.10 Å². The predicted octanol–water partition coefficient (Wildman–Crippen LogP) is 15.5. The molecule has 0 aromatic rings. The van der Waals surface area contributed by atoms with Gasteiger partial charge < -0.3 is 20.3 Å². The van der Waals surface area contributed by atoms with E-state index >= 15 is 0 Å². The molecule has 63 heavy (non-hydrogen) atoms. The zero-order chi connectivity index (χ0) is 45.9. The monoisotopic (exact) mass is 874 g/mol. The molecule has 0 aliphatic carbocycles. The molecule has 3 unspecified atom stereocenters. The topological polar surface area (TPSA) is 95.9 Å². The van der Waals surface area contributed by atoms with Crippen molar-refractivity contribution in [3.05, 3.63) is 109 Å². The Bertz CT molecular complexity index is 1300. The van der Waals surface area contributed by atoms with Crippen LogP contribution in [0.15, 0.2) is 109 Å². The van der Waals surface area contributed by atoms with Crippen LogP contribution < -0.4 is 5.32 Å². The third-order valence-corrected chi connectivity index (χ3v) is 10.8. The van der Waals surface area contributed by atoms with Crippen LogP contribution in [-0.4, -0.2) is 46.9 Å². The Morgan fingerprint density at radius 1 is 0.476 bits per heavy atom. The van der Waals surface area contributed by atoms with Gasteiger partial charge in [0, 0.05) is 6.42 Å². The van der Waals surface area contributed by atoms with E-state index in [9.17, 15) is 19.8 Å². The Balaban J connectivity index is 4.79. The molecule has 3 atom stereocenters. The highest BCUT2D eigenvalue weighted by molar-refractivity contribution is 5.77. The van der Waals surface area contributed by atoms with Gasteiger partial charge in [-0.1, -0.05) is 207 Å². The van der Waals surface area contributed by atoms with Crippen molar-refractivity contribution in [2.24, 2.45) is 0 Å². The first kappa shape index (κ1) is 59.5. The highest BCUT2D eigenvalue weighted by Crippen LogP contribution is 2.16. The van der Waals surface area contributed by atoms with Gasteiger partial charge in [-0.2, -0.15) is 0 Å². The van der Waals surface area contributed by atoms with E-state index in [1.54, 1.807) is 0 Å². The Hall–Kier alpha value is -3.48. The Morgan fingerprint density at radius 3 is 1.32 bits per heavy atom. The predicted molar refractivity (Wildman–Crippen MR) is 273 cm³/mol. The number of amides is 1. The first-order valence-electron chi connectivity index (χ1n) is 25.6. The summed E-state index contributed by atoms with van der Waals surface area (Å²) in [4.78, 5) is 26.1. The van der Waals surface area contributed by atoms with Crippen LogP contribution in [0.3, 0.4) is 0 Å². The zero-order valence-electron chi connectivity index (χ0n) is 40.7. The molecule has 0 saturated carbocycles.